The van der Waals surface area contributed by atoms with Gasteiger partial charge in [-0.2, -0.15) is 0 Å². The maximum absolute atomic E-state index is 12.4. The van der Waals surface area contributed by atoms with E-state index < -0.39 is 80.6 Å². The number of carbonyl (C=O) groups is 1. The molecule has 2 fully saturated rings. The molecule has 0 amide bonds. The molecule has 2 heterocycles. The highest BCUT2D eigenvalue weighted by Crippen LogP contribution is 2.33. The summed E-state index contributed by atoms with van der Waals surface area (Å²) in [6.07, 6.45) is -14.8. The standard InChI is InChI=1S/C27H34O14/c1-36-24-23(41-26-22(34)21(33)19(31)17(10-28)39-26)20(32)18(11-29)40-27(24)38-16-8-7-15(30)9-14(16)12-37-25(35)13-5-3-2-4-6-13/h2-9,17-24,26-34H,10-12H2,1H3. The Morgan fingerprint density at radius 2 is 1.49 bits per heavy atom. The lowest BCUT2D eigenvalue weighted by Gasteiger charge is -2.46. The van der Waals surface area contributed by atoms with E-state index in [0.717, 1.165) is 0 Å². The molecule has 0 aromatic heterocycles. The van der Waals surface area contributed by atoms with Gasteiger partial charge < -0.3 is 64.2 Å². The van der Waals surface area contributed by atoms with Crippen molar-refractivity contribution in [1.82, 2.24) is 0 Å². The molecule has 226 valence electrons. The number of carbonyl (C=O) groups excluding carboxylic acids is 1. The molecule has 0 bridgehead atoms. The zero-order valence-corrected chi connectivity index (χ0v) is 22.0. The van der Waals surface area contributed by atoms with Crippen molar-refractivity contribution in [2.24, 2.45) is 0 Å². The van der Waals surface area contributed by atoms with Crippen LogP contribution in [0.1, 0.15) is 15.9 Å². The highest BCUT2D eigenvalue weighted by molar-refractivity contribution is 5.89. The van der Waals surface area contributed by atoms with Gasteiger partial charge in [-0.15, -0.1) is 0 Å². The predicted octanol–water partition coefficient (Wildman–Crippen LogP) is -1.59. The molecule has 2 aliphatic rings. The number of ether oxygens (including phenoxy) is 6. The summed E-state index contributed by atoms with van der Waals surface area (Å²) < 4.78 is 33.8. The number of rotatable bonds is 10. The first-order valence-electron chi connectivity index (χ1n) is 12.8. The first-order chi connectivity index (χ1) is 19.7. The Bertz CT molecular complexity index is 1130. The highest BCUT2D eigenvalue weighted by atomic mass is 16.7. The maximum atomic E-state index is 12.4. The first kappa shape index (κ1) is 31.1. The van der Waals surface area contributed by atoms with E-state index in [1.807, 2.05) is 0 Å². The van der Waals surface area contributed by atoms with Gasteiger partial charge in [0.2, 0.25) is 6.29 Å². The topological polar surface area (TPSA) is 214 Å². The molecule has 10 unspecified atom stereocenters. The number of aromatic hydroxyl groups is 1. The minimum Gasteiger partial charge on any atom is -0.508 e. The summed E-state index contributed by atoms with van der Waals surface area (Å²) in [5.74, 6) is -0.640. The van der Waals surface area contributed by atoms with Crippen molar-refractivity contribution in [1.29, 1.82) is 0 Å². The minimum atomic E-state index is -1.77. The van der Waals surface area contributed by atoms with Crippen molar-refractivity contribution in [3.63, 3.8) is 0 Å². The van der Waals surface area contributed by atoms with Crippen LogP contribution in [0.15, 0.2) is 48.5 Å². The third-order valence-electron chi connectivity index (χ3n) is 6.87. The van der Waals surface area contributed by atoms with Crippen molar-refractivity contribution in [3.8, 4) is 11.5 Å². The van der Waals surface area contributed by atoms with Gasteiger partial charge in [-0.25, -0.2) is 4.79 Å². The van der Waals surface area contributed by atoms with E-state index in [9.17, 15) is 40.5 Å². The number of methoxy groups -OCH3 is 1. The monoisotopic (exact) mass is 582 g/mol. The molecule has 41 heavy (non-hydrogen) atoms. The first-order valence-corrected chi connectivity index (χ1v) is 12.8. The molecule has 2 saturated heterocycles. The zero-order chi connectivity index (χ0) is 29.7. The number of benzene rings is 2. The molecular weight excluding hydrogens is 548 g/mol. The minimum absolute atomic E-state index is 0.107. The van der Waals surface area contributed by atoms with Crippen LogP contribution in [0.4, 0.5) is 0 Å². The summed E-state index contributed by atoms with van der Waals surface area (Å²) >= 11 is 0. The molecule has 0 aliphatic carbocycles. The van der Waals surface area contributed by atoms with Crippen LogP contribution < -0.4 is 4.74 Å². The second kappa shape index (κ2) is 13.8. The number of aliphatic hydroxyl groups excluding tert-OH is 6. The lowest BCUT2D eigenvalue weighted by molar-refractivity contribution is -0.354. The molecule has 14 nitrogen and oxygen atoms in total. The molecule has 14 heteroatoms. The lowest BCUT2D eigenvalue weighted by Crippen LogP contribution is -2.65. The quantitative estimate of drug-likeness (QED) is 0.157. The predicted molar refractivity (Wildman–Crippen MR) is 135 cm³/mol. The molecule has 0 saturated carbocycles. The number of aliphatic hydroxyl groups is 6. The fourth-order valence-electron chi connectivity index (χ4n) is 4.59. The highest BCUT2D eigenvalue weighted by Gasteiger charge is 2.52. The summed E-state index contributed by atoms with van der Waals surface area (Å²) in [4.78, 5) is 12.4. The van der Waals surface area contributed by atoms with Crippen LogP contribution >= 0.6 is 0 Å². The van der Waals surface area contributed by atoms with Crippen molar-refractivity contribution < 1.29 is 69.0 Å². The number of esters is 1. The van der Waals surface area contributed by atoms with E-state index in [4.69, 9.17) is 28.4 Å². The van der Waals surface area contributed by atoms with E-state index in [-0.39, 0.29) is 23.7 Å². The van der Waals surface area contributed by atoms with Gasteiger partial charge in [0.15, 0.2) is 6.29 Å². The Kier molecular flexibility index (Phi) is 10.5. The molecule has 2 aliphatic heterocycles. The number of hydrogen-bond donors (Lipinski definition) is 7. The Balaban J connectivity index is 1.54. The Morgan fingerprint density at radius 1 is 0.829 bits per heavy atom. The van der Waals surface area contributed by atoms with Crippen LogP contribution in [0, 0.1) is 0 Å². The summed E-state index contributed by atoms with van der Waals surface area (Å²) in [6.45, 7) is -1.67. The Morgan fingerprint density at radius 3 is 2.15 bits per heavy atom. The molecule has 0 spiro atoms. The summed E-state index contributed by atoms with van der Waals surface area (Å²) in [5, 5.41) is 70.9. The lowest BCUT2D eigenvalue weighted by atomic mass is 9.97. The Hall–Kier alpha value is -2.89. The number of phenols is 1. The van der Waals surface area contributed by atoms with E-state index in [0.29, 0.717) is 5.56 Å². The van der Waals surface area contributed by atoms with Crippen LogP contribution in [-0.4, -0.2) is 123 Å². The van der Waals surface area contributed by atoms with Crippen LogP contribution in [-0.2, 0) is 30.3 Å². The van der Waals surface area contributed by atoms with Crippen LogP contribution in [0.5, 0.6) is 11.5 Å². The SMILES string of the molecule is COC1C(Oc2ccc(O)cc2COC(=O)c2ccccc2)OC(CO)C(O)C1OC1OC(CO)C(O)C(O)C1O. The van der Waals surface area contributed by atoms with Gasteiger partial charge in [0, 0.05) is 12.7 Å². The molecule has 7 N–H and O–H groups in total. The average Bonchev–Trinajstić information content (AvgIpc) is 2.98. The summed E-state index contributed by atoms with van der Waals surface area (Å²) in [7, 11) is 1.26. The number of hydrogen-bond acceptors (Lipinski definition) is 14. The fourth-order valence-corrected chi connectivity index (χ4v) is 4.59. The fraction of sp³-hybridized carbons (Fsp3) is 0.519. The van der Waals surface area contributed by atoms with Crippen LogP contribution in [0.3, 0.4) is 0 Å². The van der Waals surface area contributed by atoms with E-state index in [2.05, 4.69) is 0 Å². The van der Waals surface area contributed by atoms with E-state index in [1.54, 1.807) is 30.3 Å². The van der Waals surface area contributed by atoms with Gasteiger partial charge in [-0.1, -0.05) is 18.2 Å². The zero-order valence-electron chi connectivity index (χ0n) is 22.0. The van der Waals surface area contributed by atoms with Crippen molar-refractivity contribution in [2.45, 2.75) is 68.0 Å². The van der Waals surface area contributed by atoms with Crippen molar-refractivity contribution >= 4 is 5.97 Å². The smallest absolute Gasteiger partial charge is 0.338 e. The average molecular weight is 583 g/mol. The van der Waals surface area contributed by atoms with Gasteiger partial charge in [0.1, 0.15) is 66.9 Å². The summed E-state index contributed by atoms with van der Waals surface area (Å²) in [6, 6.07) is 12.3. The third-order valence-corrected chi connectivity index (χ3v) is 6.87. The molecular formula is C27H34O14. The van der Waals surface area contributed by atoms with E-state index in [1.165, 1.54) is 25.3 Å². The molecule has 0 radical (unpaired) electrons. The Labute approximate surface area is 234 Å². The summed E-state index contributed by atoms with van der Waals surface area (Å²) in [5.41, 5.74) is 0.573. The van der Waals surface area contributed by atoms with Gasteiger partial charge in [0.25, 0.3) is 0 Å². The molecule has 4 rings (SSSR count). The van der Waals surface area contributed by atoms with Gasteiger partial charge in [-0.3, -0.25) is 0 Å². The van der Waals surface area contributed by atoms with Crippen molar-refractivity contribution in [2.75, 3.05) is 20.3 Å². The molecule has 2 aromatic rings. The number of phenolic OH excluding ortho intramolecular Hbond substituents is 1. The van der Waals surface area contributed by atoms with Crippen molar-refractivity contribution in [3.05, 3.63) is 59.7 Å². The second-order valence-electron chi connectivity index (χ2n) is 9.57. The second-order valence-corrected chi connectivity index (χ2v) is 9.57. The largest absolute Gasteiger partial charge is 0.508 e. The van der Waals surface area contributed by atoms with Crippen LogP contribution in [0.2, 0.25) is 0 Å². The van der Waals surface area contributed by atoms with Gasteiger partial charge >= 0.3 is 5.97 Å². The third kappa shape index (κ3) is 6.95. The maximum Gasteiger partial charge on any atom is 0.338 e. The van der Waals surface area contributed by atoms with Crippen LogP contribution in [0.25, 0.3) is 0 Å². The normalized spacial score (nSPS) is 33.7. The van der Waals surface area contributed by atoms with E-state index >= 15 is 0 Å². The van der Waals surface area contributed by atoms with Gasteiger partial charge in [0.05, 0.1) is 18.8 Å². The molecule has 2 aromatic carbocycles. The van der Waals surface area contributed by atoms with Gasteiger partial charge in [-0.05, 0) is 30.3 Å². The molecule has 10 atom stereocenters.